The molecule has 1 unspecified atom stereocenters. The van der Waals surface area contributed by atoms with E-state index in [1.54, 1.807) is 18.5 Å². The Morgan fingerprint density at radius 1 is 1.37 bits per heavy atom. The Balaban J connectivity index is 2.05. The van der Waals surface area contributed by atoms with Crippen LogP contribution in [0.2, 0.25) is 0 Å². The SMILES string of the molecule is O=[N+]([O-])c1ccc(NC2CCNC2)c2ccncc12. The minimum atomic E-state index is -0.370. The first-order chi connectivity index (χ1) is 9.25. The number of nitro groups is 1. The molecule has 0 amide bonds. The summed E-state index contributed by atoms with van der Waals surface area (Å²) in [7, 11) is 0. The molecular weight excluding hydrogens is 244 g/mol. The van der Waals surface area contributed by atoms with Crippen LogP contribution >= 0.6 is 0 Å². The summed E-state index contributed by atoms with van der Waals surface area (Å²) < 4.78 is 0. The largest absolute Gasteiger partial charge is 0.380 e. The third-order valence-electron chi connectivity index (χ3n) is 3.41. The molecule has 0 spiro atoms. The number of fused-ring (bicyclic) bond motifs is 1. The van der Waals surface area contributed by atoms with Gasteiger partial charge in [0.25, 0.3) is 5.69 Å². The van der Waals surface area contributed by atoms with Gasteiger partial charge in [0.15, 0.2) is 0 Å². The maximum atomic E-state index is 11.0. The van der Waals surface area contributed by atoms with Gasteiger partial charge in [-0.15, -0.1) is 0 Å². The number of nitrogens with zero attached hydrogens (tertiary/aromatic N) is 2. The van der Waals surface area contributed by atoms with Crippen LogP contribution in [0.3, 0.4) is 0 Å². The molecule has 1 atom stereocenters. The molecule has 1 fully saturated rings. The number of nitrogens with one attached hydrogen (secondary N) is 2. The van der Waals surface area contributed by atoms with Gasteiger partial charge < -0.3 is 10.6 Å². The number of benzene rings is 1. The molecule has 2 aromatic rings. The number of pyridine rings is 1. The van der Waals surface area contributed by atoms with Crippen molar-refractivity contribution in [2.45, 2.75) is 12.5 Å². The summed E-state index contributed by atoms with van der Waals surface area (Å²) >= 11 is 0. The Kier molecular flexibility index (Phi) is 3.00. The van der Waals surface area contributed by atoms with E-state index >= 15 is 0 Å². The van der Waals surface area contributed by atoms with E-state index in [2.05, 4.69) is 15.6 Å². The maximum absolute atomic E-state index is 11.0. The van der Waals surface area contributed by atoms with Gasteiger partial charge in [0.2, 0.25) is 0 Å². The van der Waals surface area contributed by atoms with Crippen molar-refractivity contribution < 1.29 is 4.92 Å². The highest BCUT2D eigenvalue weighted by atomic mass is 16.6. The zero-order chi connectivity index (χ0) is 13.2. The lowest BCUT2D eigenvalue weighted by molar-refractivity contribution is -0.383. The van der Waals surface area contributed by atoms with Gasteiger partial charge in [-0.2, -0.15) is 0 Å². The van der Waals surface area contributed by atoms with Crippen molar-refractivity contribution in [1.82, 2.24) is 10.3 Å². The second kappa shape index (κ2) is 4.81. The summed E-state index contributed by atoms with van der Waals surface area (Å²) in [4.78, 5) is 14.6. The first-order valence-electron chi connectivity index (χ1n) is 6.24. The van der Waals surface area contributed by atoms with E-state index in [1.807, 2.05) is 6.07 Å². The molecule has 0 radical (unpaired) electrons. The number of anilines is 1. The predicted molar refractivity (Wildman–Crippen MR) is 73.3 cm³/mol. The summed E-state index contributed by atoms with van der Waals surface area (Å²) in [5.74, 6) is 0. The number of nitro benzene ring substituents is 1. The van der Waals surface area contributed by atoms with E-state index in [4.69, 9.17) is 0 Å². The second-order valence-corrected chi connectivity index (χ2v) is 4.64. The topological polar surface area (TPSA) is 80.1 Å². The second-order valence-electron chi connectivity index (χ2n) is 4.64. The molecule has 19 heavy (non-hydrogen) atoms. The average molecular weight is 258 g/mol. The fourth-order valence-corrected chi connectivity index (χ4v) is 2.46. The summed E-state index contributed by atoms with van der Waals surface area (Å²) in [5, 5.41) is 19.2. The van der Waals surface area contributed by atoms with Crippen LogP contribution in [0.1, 0.15) is 6.42 Å². The fraction of sp³-hybridized carbons (Fsp3) is 0.308. The van der Waals surface area contributed by atoms with Gasteiger partial charge in [0.05, 0.1) is 10.3 Å². The lowest BCUT2D eigenvalue weighted by Gasteiger charge is -2.15. The quantitative estimate of drug-likeness (QED) is 0.649. The summed E-state index contributed by atoms with van der Waals surface area (Å²) in [6.07, 6.45) is 4.26. The summed E-state index contributed by atoms with van der Waals surface area (Å²) in [5.41, 5.74) is 1.02. The maximum Gasteiger partial charge on any atom is 0.278 e. The molecule has 1 aliphatic heterocycles. The monoisotopic (exact) mass is 258 g/mol. The van der Waals surface area contributed by atoms with Gasteiger partial charge in [-0.25, -0.2) is 0 Å². The summed E-state index contributed by atoms with van der Waals surface area (Å²) in [6, 6.07) is 5.50. The number of hydrogen-bond acceptors (Lipinski definition) is 5. The van der Waals surface area contributed by atoms with Crippen molar-refractivity contribution in [3.8, 4) is 0 Å². The Bertz CT molecular complexity index is 623. The molecule has 0 aliphatic carbocycles. The van der Waals surface area contributed by atoms with Crippen molar-refractivity contribution in [3.63, 3.8) is 0 Å². The Morgan fingerprint density at radius 2 is 2.26 bits per heavy atom. The molecule has 1 aromatic heterocycles. The number of hydrogen-bond donors (Lipinski definition) is 2. The van der Waals surface area contributed by atoms with Crippen LogP contribution in [0, 0.1) is 10.1 Å². The van der Waals surface area contributed by atoms with Crippen LogP contribution in [0.25, 0.3) is 10.8 Å². The third-order valence-corrected chi connectivity index (χ3v) is 3.41. The molecule has 2 heterocycles. The average Bonchev–Trinajstić information content (AvgIpc) is 2.91. The van der Waals surface area contributed by atoms with E-state index in [1.165, 1.54) is 6.07 Å². The highest BCUT2D eigenvalue weighted by Crippen LogP contribution is 2.31. The van der Waals surface area contributed by atoms with Crippen LogP contribution in [0.5, 0.6) is 0 Å². The van der Waals surface area contributed by atoms with Crippen molar-refractivity contribution in [3.05, 3.63) is 40.7 Å². The third kappa shape index (κ3) is 2.22. The molecular formula is C13H14N4O2. The molecule has 2 N–H and O–H groups in total. The number of aromatic nitrogens is 1. The zero-order valence-electron chi connectivity index (χ0n) is 10.3. The van der Waals surface area contributed by atoms with E-state index in [-0.39, 0.29) is 10.6 Å². The number of rotatable bonds is 3. The normalized spacial score (nSPS) is 18.6. The minimum Gasteiger partial charge on any atom is -0.380 e. The van der Waals surface area contributed by atoms with Crippen molar-refractivity contribution >= 4 is 22.1 Å². The molecule has 6 nitrogen and oxygen atoms in total. The first kappa shape index (κ1) is 11.9. The predicted octanol–water partition coefficient (Wildman–Crippen LogP) is 1.92. The van der Waals surface area contributed by atoms with Crippen LogP contribution in [0.4, 0.5) is 11.4 Å². The van der Waals surface area contributed by atoms with Crippen LogP contribution in [0.15, 0.2) is 30.6 Å². The Morgan fingerprint density at radius 3 is 3.00 bits per heavy atom. The molecule has 98 valence electrons. The van der Waals surface area contributed by atoms with Crippen LogP contribution < -0.4 is 10.6 Å². The molecule has 0 bridgehead atoms. The highest BCUT2D eigenvalue weighted by Gasteiger charge is 2.18. The fourth-order valence-electron chi connectivity index (χ4n) is 2.46. The van der Waals surface area contributed by atoms with Crippen LogP contribution in [-0.4, -0.2) is 29.0 Å². The van der Waals surface area contributed by atoms with Crippen LogP contribution in [-0.2, 0) is 0 Å². The highest BCUT2D eigenvalue weighted by molar-refractivity contribution is 5.99. The van der Waals surface area contributed by atoms with Gasteiger partial charge in [-0.1, -0.05) is 0 Å². The van der Waals surface area contributed by atoms with Gasteiger partial charge in [0.1, 0.15) is 0 Å². The lowest BCUT2D eigenvalue weighted by atomic mass is 10.1. The molecule has 0 saturated carbocycles. The van der Waals surface area contributed by atoms with Gasteiger partial charge >= 0.3 is 0 Å². The van der Waals surface area contributed by atoms with Gasteiger partial charge in [-0.3, -0.25) is 15.1 Å². The van der Waals surface area contributed by atoms with Crippen molar-refractivity contribution in [2.75, 3.05) is 18.4 Å². The van der Waals surface area contributed by atoms with E-state index in [0.29, 0.717) is 11.4 Å². The molecule has 1 saturated heterocycles. The zero-order valence-corrected chi connectivity index (χ0v) is 10.3. The van der Waals surface area contributed by atoms with E-state index < -0.39 is 0 Å². The molecule has 3 rings (SSSR count). The van der Waals surface area contributed by atoms with Crippen molar-refractivity contribution in [1.29, 1.82) is 0 Å². The summed E-state index contributed by atoms with van der Waals surface area (Å²) in [6.45, 7) is 1.92. The lowest BCUT2D eigenvalue weighted by Crippen LogP contribution is -2.22. The molecule has 6 heteroatoms. The van der Waals surface area contributed by atoms with Crippen molar-refractivity contribution in [2.24, 2.45) is 0 Å². The van der Waals surface area contributed by atoms with E-state index in [9.17, 15) is 10.1 Å². The Labute approximate surface area is 110 Å². The number of non-ortho nitro benzene ring substituents is 1. The van der Waals surface area contributed by atoms with E-state index in [0.717, 1.165) is 30.6 Å². The van der Waals surface area contributed by atoms with Gasteiger partial charge in [-0.05, 0) is 25.1 Å². The Hall–Kier alpha value is -2.21. The molecule has 1 aromatic carbocycles. The standard InChI is InChI=1S/C13H14N4O2/c18-17(19)13-2-1-12(16-9-3-5-14-7-9)10-4-6-15-8-11(10)13/h1-2,4,6,8-9,14,16H,3,5,7H2. The van der Waals surface area contributed by atoms with Gasteiger partial charge in [0, 0.05) is 42.1 Å². The molecule has 1 aliphatic rings. The minimum absolute atomic E-state index is 0.0956. The smallest absolute Gasteiger partial charge is 0.278 e. The first-order valence-corrected chi connectivity index (χ1v) is 6.24.